The highest BCUT2D eigenvalue weighted by Gasteiger charge is 2.46. The smallest absolute Gasteiger partial charge is 0.252 e. The van der Waals surface area contributed by atoms with Gasteiger partial charge in [-0.25, -0.2) is 0 Å². The van der Waals surface area contributed by atoms with Gasteiger partial charge in [-0.05, 0) is 37.1 Å². The van der Waals surface area contributed by atoms with Gasteiger partial charge in [0.25, 0.3) is 5.91 Å². The summed E-state index contributed by atoms with van der Waals surface area (Å²) in [5, 5.41) is 3.10. The Balaban J connectivity index is 1.80. The van der Waals surface area contributed by atoms with E-state index in [1.165, 1.54) is 0 Å². The average molecular weight is 238 g/mol. The Kier molecular flexibility index (Phi) is 2.59. The van der Waals surface area contributed by atoms with Crippen LogP contribution in [0.3, 0.4) is 0 Å². The third-order valence-corrected chi connectivity index (χ3v) is 3.29. The van der Waals surface area contributed by atoms with E-state index in [2.05, 4.69) is 10.3 Å². The standard InChI is InChI=1S/C15H14N2O/c18-14(12-6-2-1-3-7-12)17-15(9-10-15)13-8-4-5-11-16-13/h1-8,11H,9-10H2,(H,17,18). The molecule has 1 amide bonds. The molecular formula is C15H14N2O. The number of carbonyl (C=O) groups excluding carboxylic acids is 1. The quantitative estimate of drug-likeness (QED) is 0.892. The van der Waals surface area contributed by atoms with Crippen molar-refractivity contribution >= 4 is 5.91 Å². The van der Waals surface area contributed by atoms with E-state index in [0.29, 0.717) is 5.56 Å². The number of amides is 1. The third kappa shape index (κ3) is 1.99. The van der Waals surface area contributed by atoms with Crippen molar-refractivity contribution in [3.8, 4) is 0 Å². The summed E-state index contributed by atoms with van der Waals surface area (Å²) in [5.41, 5.74) is 1.41. The van der Waals surface area contributed by atoms with Crippen molar-refractivity contribution in [1.82, 2.24) is 10.3 Å². The topological polar surface area (TPSA) is 42.0 Å². The molecule has 3 rings (SSSR count). The number of pyridine rings is 1. The van der Waals surface area contributed by atoms with E-state index in [1.807, 2.05) is 48.5 Å². The molecule has 0 unspecified atom stereocenters. The van der Waals surface area contributed by atoms with Crippen LogP contribution in [0.1, 0.15) is 28.9 Å². The number of nitrogens with zero attached hydrogens (tertiary/aromatic N) is 1. The number of benzene rings is 1. The normalized spacial score (nSPS) is 16.0. The molecule has 1 saturated carbocycles. The highest BCUT2D eigenvalue weighted by molar-refractivity contribution is 5.94. The van der Waals surface area contributed by atoms with E-state index in [-0.39, 0.29) is 11.4 Å². The molecule has 1 N–H and O–H groups in total. The molecule has 18 heavy (non-hydrogen) atoms. The summed E-state index contributed by atoms with van der Waals surface area (Å²) in [5.74, 6) is -0.0289. The lowest BCUT2D eigenvalue weighted by Gasteiger charge is -2.16. The van der Waals surface area contributed by atoms with Gasteiger partial charge in [0, 0.05) is 11.8 Å². The van der Waals surface area contributed by atoms with Crippen molar-refractivity contribution in [3.05, 3.63) is 66.0 Å². The van der Waals surface area contributed by atoms with Crippen LogP contribution in [0.4, 0.5) is 0 Å². The van der Waals surface area contributed by atoms with Gasteiger partial charge in [0.05, 0.1) is 11.2 Å². The highest BCUT2D eigenvalue weighted by Crippen LogP contribution is 2.44. The maximum atomic E-state index is 12.1. The van der Waals surface area contributed by atoms with Crippen LogP contribution in [-0.2, 0) is 5.54 Å². The second-order valence-corrected chi connectivity index (χ2v) is 4.62. The molecule has 1 fully saturated rings. The van der Waals surface area contributed by atoms with Gasteiger partial charge >= 0.3 is 0 Å². The lowest BCUT2D eigenvalue weighted by Crippen LogP contribution is -2.35. The van der Waals surface area contributed by atoms with E-state index in [1.54, 1.807) is 6.20 Å². The monoisotopic (exact) mass is 238 g/mol. The first-order chi connectivity index (χ1) is 8.80. The summed E-state index contributed by atoms with van der Waals surface area (Å²) >= 11 is 0. The maximum absolute atomic E-state index is 12.1. The molecule has 1 aromatic carbocycles. The van der Waals surface area contributed by atoms with Gasteiger partial charge in [0.1, 0.15) is 0 Å². The van der Waals surface area contributed by atoms with E-state index in [9.17, 15) is 4.79 Å². The Bertz CT molecular complexity index is 547. The average Bonchev–Trinajstić information content (AvgIpc) is 3.22. The van der Waals surface area contributed by atoms with E-state index < -0.39 is 0 Å². The Morgan fingerprint density at radius 3 is 2.39 bits per heavy atom. The molecular weight excluding hydrogens is 224 g/mol. The number of carbonyl (C=O) groups is 1. The zero-order valence-corrected chi connectivity index (χ0v) is 9.97. The van der Waals surface area contributed by atoms with Gasteiger partial charge in [0.15, 0.2) is 0 Å². The molecule has 0 spiro atoms. The Hall–Kier alpha value is -2.16. The fourth-order valence-electron chi connectivity index (χ4n) is 2.10. The van der Waals surface area contributed by atoms with E-state index in [4.69, 9.17) is 0 Å². The van der Waals surface area contributed by atoms with Crippen LogP contribution in [-0.4, -0.2) is 10.9 Å². The van der Waals surface area contributed by atoms with Crippen molar-refractivity contribution in [2.45, 2.75) is 18.4 Å². The molecule has 1 aliphatic rings. The van der Waals surface area contributed by atoms with Gasteiger partial charge in [-0.15, -0.1) is 0 Å². The third-order valence-electron chi connectivity index (χ3n) is 3.29. The molecule has 0 aliphatic heterocycles. The second kappa shape index (κ2) is 4.26. The minimum atomic E-state index is -0.242. The van der Waals surface area contributed by atoms with Crippen LogP contribution >= 0.6 is 0 Å². The fourth-order valence-corrected chi connectivity index (χ4v) is 2.10. The number of hydrogen-bond donors (Lipinski definition) is 1. The fraction of sp³-hybridized carbons (Fsp3) is 0.200. The molecule has 0 atom stereocenters. The number of rotatable bonds is 3. The molecule has 1 aromatic heterocycles. The lowest BCUT2D eigenvalue weighted by atomic mass is 10.1. The first-order valence-electron chi connectivity index (χ1n) is 6.09. The van der Waals surface area contributed by atoms with Gasteiger partial charge < -0.3 is 5.32 Å². The van der Waals surface area contributed by atoms with Crippen LogP contribution in [0.5, 0.6) is 0 Å². The molecule has 1 heterocycles. The zero-order chi connectivity index (χ0) is 12.4. The number of aromatic nitrogens is 1. The molecule has 3 nitrogen and oxygen atoms in total. The van der Waals surface area contributed by atoms with Crippen molar-refractivity contribution in [2.24, 2.45) is 0 Å². The maximum Gasteiger partial charge on any atom is 0.252 e. The highest BCUT2D eigenvalue weighted by atomic mass is 16.1. The molecule has 3 heteroatoms. The Labute approximate surface area is 106 Å². The molecule has 2 aromatic rings. The van der Waals surface area contributed by atoms with Crippen LogP contribution in [0.25, 0.3) is 0 Å². The molecule has 0 saturated heterocycles. The minimum absolute atomic E-state index is 0.0289. The molecule has 0 bridgehead atoms. The predicted molar refractivity (Wildman–Crippen MR) is 69.1 cm³/mol. The Morgan fingerprint density at radius 2 is 1.78 bits per heavy atom. The largest absolute Gasteiger partial charge is 0.341 e. The molecule has 0 radical (unpaired) electrons. The summed E-state index contributed by atoms with van der Waals surface area (Å²) < 4.78 is 0. The minimum Gasteiger partial charge on any atom is -0.341 e. The predicted octanol–water partition coefficient (Wildman–Crippen LogP) is 2.50. The number of hydrogen-bond acceptors (Lipinski definition) is 2. The van der Waals surface area contributed by atoms with Gasteiger partial charge in [-0.2, -0.15) is 0 Å². The summed E-state index contributed by atoms with van der Waals surface area (Å²) in [6.07, 6.45) is 3.69. The summed E-state index contributed by atoms with van der Waals surface area (Å²) in [4.78, 5) is 16.5. The second-order valence-electron chi connectivity index (χ2n) is 4.62. The van der Waals surface area contributed by atoms with Gasteiger partial charge in [-0.3, -0.25) is 9.78 Å². The van der Waals surface area contributed by atoms with Crippen LogP contribution in [0.15, 0.2) is 54.7 Å². The molecule has 1 aliphatic carbocycles. The van der Waals surface area contributed by atoms with Crippen LogP contribution < -0.4 is 5.32 Å². The summed E-state index contributed by atoms with van der Waals surface area (Å²) in [6.45, 7) is 0. The van der Waals surface area contributed by atoms with Gasteiger partial charge in [-0.1, -0.05) is 24.3 Å². The Morgan fingerprint density at radius 1 is 1.06 bits per heavy atom. The molecule has 90 valence electrons. The first-order valence-corrected chi connectivity index (χ1v) is 6.09. The van der Waals surface area contributed by atoms with E-state index >= 15 is 0 Å². The summed E-state index contributed by atoms with van der Waals surface area (Å²) in [6, 6.07) is 15.1. The van der Waals surface area contributed by atoms with Crippen LogP contribution in [0, 0.1) is 0 Å². The van der Waals surface area contributed by atoms with Crippen LogP contribution in [0.2, 0.25) is 0 Å². The number of nitrogens with one attached hydrogen (secondary N) is 1. The van der Waals surface area contributed by atoms with E-state index in [0.717, 1.165) is 18.5 Å². The zero-order valence-electron chi connectivity index (χ0n) is 9.97. The van der Waals surface area contributed by atoms with Crippen molar-refractivity contribution in [3.63, 3.8) is 0 Å². The van der Waals surface area contributed by atoms with Crippen molar-refractivity contribution in [2.75, 3.05) is 0 Å². The van der Waals surface area contributed by atoms with Crippen molar-refractivity contribution < 1.29 is 4.79 Å². The summed E-state index contributed by atoms with van der Waals surface area (Å²) in [7, 11) is 0. The SMILES string of the molecule is O=C(NC1(c2ccccn2)CC1)c1ccccc1. The first kappa shape index (κ1) is 11.0. The van der Waals surface area contributed by atoms with Gasteiger partial charge in [0.2, 0.25) is 0 Å². The lowest BCUT2D eigenvalue weighted by molar-refractivity contribution is 0.0930. The van der Waals surface area contributed by atoms with Crippen molar-refractivity contribution in [1.29, 1.82) is 0 Å².